The fraction of sp³-hybridized carbons (Fsp3) is 0.370. The Hall–Kier alpha value is -3.17. The largest absolute Gasteiger partial charge is 0.493 e. The Balaban J connectivity index is 1.66. The lowest BCUT2D eigenvalue weighted by Crippen LogP contribution is -2.17. The molecule has 9 heteroatoms. The van der Waals surface area contributed by atoms with E-state index in [4.69, 9.17) is 14.5 Å². The van der Waals surface area contributed by atoms with Crippen molar-refractivity contribution in [1.29, 1.82) is 0 Å². The van der Waals surface area contributed by atoms with Gasteiger partial charge in [-0.2, -0.15) is 0 Å². The second kappa shape index (κ2) is 10.1. The third-order valence-electron chi connectivity index (χ3n) is 5.30. The number of para-hydroxylation sites is 1. The molecule has 0 radical (unpaired) electrons. The molecule has 7 nitrogen and oxygen atoms in total. The normalized spacial score (nSPS) is 12.4. The molecule has 0 unspecified atom stereocenters. The number of benzene rings is 1. The molecule has 0 aliphatic carbocycles. The maximum atomic E-state index is 13.4. The number of ether oxygens (including phenoxy) is 2. The minimum atomic E-state index is -0.259. The Kier molecular flexibility index (Phi) is 7.24. The van der Waals surface area contributed by atoms with Gasteiger partial charge in [-0.3, -0.25) is 14.5 Å². The number of imidazole rings is 1. The number of nitrogens with one attached hydrogen (secondary N) is 1. The molecule has 36 heavy (non-hydrogen) atoms. The summed E-state index contributed by atoms with van der Waals surface area (Å²) in [5.74, 6) is 1.06. The fourth-order valence-corrected chi connectivity index (χ4v) is 5.07. The van der Waals surface area contributed by atoms with Crippen LogP contribution < -0.4 is 14.8 Å². The molecule has 3 aromatic heterocycles. The van der Waals surface area contributed by atoms with Gasteiger partial charge in [-0.25, -0.2) is 9.97 Å². The van der Waals surface area contributed by atoms with E-state index >= 15 is 0 Å². The second-order valence-corrected chi connectivity index (χ2v) is 12.4. The van der Waals surface area contributed by atoms with E-state index in [1.54, 1.807) is 11.5 Å². The standard InChI is InChI=1S/C27H32N4O3S2/c1-26(2,3)16-34-22-17(9-8-10-19(22)33-7)11-12-18-21(31-13-14-35-25(31)28-18)23(32)30-24-29-20(15-36-24)27(4,5)6/h8-15H,16H2,1-7H3,(H,29,30,32)/b12-11+. The second-order valence-electron chi connectivity index (χ2n) is 10.7. The summed E-state index contributed by atoms with van der Waals surface area (Å²) < 4.78 is 13.5. The van der Waals surface area contributed by atoms with Crippen molar-refractivity contribution >= 4 is 50.8 Å². The highest BCUT2D eigenvalue weighted by Gasteiger charge is 2.22. The van der Waals surface area contributed by atoms with Gasteiger partial charge in [-0.1, -0.05) is 53.7 Å². The number of hydrogen-bond donors (Lipinski definition) is 1. The van der Waals surface area contributed by atoms with Crippen LogP contribution in [0.25, 0.3) is 17.1 Å². The number of amides is 1. The van der Waals surface area contributed by atoms with Crippen LogP contribution in [0.5, 0.6) is 11.5 Å². The van der Waals surface area contributed by atoms with E-state index in [0.717, 1.165) is 16.2 Å². The number of methoxy groups -OCH3 is 1. The quantitative estimate of drug-likeness (QED) is 0.281. The van der Waals surface area contributed by atoms with Crippen molar-refractivity contribution in [1.82, 2.24) is 14.4 Å². The molecule has 0 saturated heterocycles. The van der Waals surface area contributed by atoms with E-state index in [0.29, 0.717) is 34.6 Å². The van der Waals surface area contributed by atoms with Crippen LogP contribution in [0.4, 0.5) is 5.13 Å². The zero-order valence-corrected chi connectivity index (χ0v) is 23.3. The first-order valence-electron chi connectivity index (χ1n) is 11.7. The van der Waals surface area contributed by atoms with Crippen LogP contribution in [0.2, 0.25) is 0 Å². The predicted molar refractivity (Wildman–Crippen MR) is 149 cm³/mol. The fourth-order valence-electron chi connectivity index (χ4n) is 3.41. The molecule has 1 N–H and O–H groups in total. The summed E-state index contributed by atoms with van der Waals surface area (Å²) in [4.78, 5) is 23.4. The first-order chi connectivity index (χ1) is 17.0. The molecule has 190 valence electrons. The van der Waals surface area contributed by atoms with Crippen molar-refractivity contribution < 1.29 is 14.3 Å². The lowest BCUT2D eigenvalue weighted by atomic mass is 9.93. The molecular formula is C27H32N4O3S2. The number of hydrogen-bond acceptors (Lipinski definition) is 7. The van der Waals surface area contributed by atoms with E-state index in [1.807, 2.05) is 47.3 Å². The maximum absolute atomic E-state index is 13.4. The highest BCUT2D eigenvalue weighted by molar-refractivity contribution is 7.15. The number of nitrogens with zero attached hydrogens (tertiary/aromatic N) is 3. The van der Waals surface area contributed by atoms with Crippen molar-refractivity contribution in [2.45, 2.75) is 47.0 Å². The van der Waals surface area contributed by atoms with Crippen LogP contribution >= 0.6 is 22.7 Å². The highest BCUT2D eigenvalue weighted by atomic mass is 32.1. The highest BCUT2D eigenvalue weighted by Crippen LogP contribution is 2.34. The van der Waals surface area contributed by atoms with Gasteiger partial charge in [0.25, 0.3) is 5.91 Å². The van der Waals surface area contributed by atoms with Crippen molar-refractivity contribution in [2.24, 2.45) is 5.41 Å². The van der Waals surface area contributed by atoms with Crippen molar-refractivity contribution in [2.75, 3.05) is 19.0 Å². The summed E-state index contributed by atoms with van der Waals surface area (Å²) in [6.45, 7) is 13.2. The number of anilines is 1. The summed E-state index contributed by atoms with van der Waals surface area (Å²) in [6, 6.07) is 5.75. The summed E-state index contributed by atoms with van der Waals surface area (Å²) in [6.07, 6.45) is 5.60. The Morgan fingerprint density at radius 2 is 1.89 bits per heavy atom. The predicted octanol–water partition coefficient (Wildman–Crippen LogP) is 7.01. The minimum absolute atomic E-state index is 0.00991. The van der Waals surface area contributed by atoms with Crippen molar-refractivity contribution in [3.05, 3.63) is 57.8 Å². The van der Waals surface area contributed by atoms with Crippen molar-refractivity contribution in [3.8, 4) is 11.5 Å². The van der Waals surface area contributed by atoms with Crippen LogP contribution in [-0.4, -0.2) is 34.0 Å². The third kappa shape index (κ3) is 5.79. The Bertz CT molecular complexity index is 1400. The number of fused-ring (bicyclic) bond motifs is 1. The van der Waals surface area contributed by atoms with E-state index in [-0.39, 0.29) is 16.7 Å². The SMILES string of the molecule is COc1cccc(/C=C/c2nc3sccn3c2C(=O)Nc2nc(C(C)(C)C)cs2)c1OCC(C)(C)C. The number of carbonyl (C=O) groups is 1. The molecule has 0 bridgehead atoms. The molecule has 0 saturated carbocycles. The van der Waals surface area contributed by atoms with Gasteiger partial charge in [-0.15, -0.1) is 22.7 Å². The molecule has 0 atom stereocenters. The number of rotatable bonds is 7. The van der Waals surface area contributed by atoms with Gasteiger partial charge in [-0.05, 0) is 23.6 Å². The van der Waals surface area contributed by atoms with Crippen LogP contribution in [0.3, 0.4) is 0 Å². The summed E-state index contributed by atoms with van der Waals surface area (Å²) in [7, 11) is 1.63. The third-order valence-corrected chi connectivity index (χ3v) is 6.81. The monoisotopic (exact) mass is 524 g/mol. The molecule has 4 rings (SSSR count). The van der Waals surface area contributed by atoms with Gasteiger partial charge in [0.1, 0.15) is 5.69 Å². The minimum Gasteiger partial charge on any atom is -0.493 e. The average molecular weight is 525 g/mol. The lowest BCUT2D eigenvalue weighted by molar-refractivity contribution is 0.102. The molecule has 0 aliphatic rings. The molecule has 0 aliphatic heterocycles. The van der Waals surface area contributed by atoms with Crippen LogP contribution in [0.1, 0.15) is 69.0 Å². The van der Waals surface area contributed by atoms with E-state index in [1.165, 1.54) is 22.7 Å². The molecule has 3 heterocycles. The Labute approximate surface area is 219 Å². The average Bonchev–Trinajstić information content (AvgIpc) is 3.51. The zero-order chi connectivity index (χ0) is 26.1. The number of carbonyl (C=O) groups excluding carboxylic acids is 1. The van der Waals surface area contributed by atoms with Gasteiger partial charge in [0.05, 0.1) is 25.1 Å². The van der Waals surface area contributed by atoms with Gasteiger partial charge in [0.15, 0.2) is 21.6 Å². The summed E-state index contributed by atoms with van der Waals surface area (Å²) in [5.41, 5.74) is 2.71. The smallest absolute Gasteiger partial charge is 0.276 e. The van der Waals surface area contributed by atoms with Gasteiger partial charge in [0, 0.05) is 27.9 Å². The molecule has 1 aromatic carbocycles. The van der Waals surface area contributed by atoms with E-state index in [9.17, 15) is 4.79 Å². The first-order valence-corrected chi connectivity index (χ1v) is 13.4. The Morgan fingerprint density at radius 3 is 2.56 bits per heavy atom. The van der Waals surface area contributed by atoms with E-state index in [2.05, 4.69) is 51.8 Å². The number of thiazole rings is 2. The van der Waals surface area contributed by atoms with Gasteiger partial charge < -0.3 is 9.47 Å². The molecule has 1 amide bonds. The summed E-state index contributed by atoms with van der Waals surface area (Å²) >= 11 is 2.90. The van der Waals surface area contributed by atoms with Crippen LogP contribution in [0, 0.1) is 5.41 Å². The summed E-state index contributed by atoms with van der Waals surface area (Å²) in [5, 5.41) is 7.42. The topological polar surface area (TPSA) is 77.8 Å². The van der Waals surface area contributed by atoms with E-state index < -0.39 is 0 Å². The van der Waals surface area contributed by atoms with Crippen molar-refractivity contribution in [3.63, 3.8) is 0 Å². The molecular weight excluding hydrogens is 492 g/mol. The molecule has 4 aromatic rings. The maximum Gasteiger partial charge on any atom is 0.276 e. The van der Waals surface area contributed by atoms with Gasteiger partial charge in [0.2, 0.25) is 0 Å². The van der Waals surface area contributed by atoms with Gasteiger partial charge >= 0.3 is 0 Å². The lowest BCUT2D eigenvalue weighted by Gasteiger charge is -2.21. The number of aromatic nitrogens is 3. The molecule has 0 spiro atoms. The Morgan fingerprint density at radius 1 is 1.11 bits per heavy atom. The van der Waals surface area contributed by atoms with Crippen LogP contribution in [0.15, 0.2) is 35.2 Å². The van der Waals surface area contributed by atoms with Crippen LogP contribution in [-0.2, 0) is 5.41 Å². The molecule has 0 fully saturated rings. The zero-order valence-electron chi connectivity index (χ0n) is 21.7. The first kappa shape index (κ1) is 25.9.